The van der Waals surface area contributed by atoms with E-state index in [0.717, 1.165) is 30.8 Å². The fourth-order valence-corrected chi connectivity index (χ4v) is 2.30. The molecular weight excluding hydrogens is 228 g/mol. The Morgan fingerprint density at radius 3 is 3.17 bits per heavy atom. The van der Waals surface area contributed by atoms with Crippen LogP contribution in [0.5, 0.6) is 0 Å². The highest BCUT2D eigenvalue weighted by Gasteiger charge is 2.27. The Morgan fingerprint density at radius 1 is 1.61 bits per heavy atom. The van der Waals surface area contributed by atoms with Gasteiger partial charge < -0.3 is 10.6 Å². The number of carbonyl (C=O) groups excluding carboxylic acids is 1. The molecule has 1 unspecified atom stereocenters. The van der Waals surface area contributed by atoms with Gasteiger partial charge in [0.15, 0.2) is 0 Å². The van der Waals surface area contributed by atoms with Gasteiger partial charge in [-0.25, -0.2) is 0 Å². The molecule has 1 aliphatic rings. The Hall–Kier alpha value is -1.46. The van der Waals surface area contributed by atoms with Crippen molar-refractivity contribution in [3.63, 3.8) is 0 Å². The molecule has 0 aromatic carbocycles. The Balaban J connectivity index is 2.07. The zero-order chi connectivity index (χ0) is 13.0. The molecule has 1 aromatic heterocycles. The molecule has 1 saturated heterocycles. The van der Waals surface area contributed by atoms with E-state index in [-0.39, 0.29) is 11.9 Å². The lowest BCUT2D eigenvalue weighted by Gasteiger charge is -2.34. The molecule has 1 aliphatic heterocycles. The SMILES string of the molecule is CNC(=O)C1CNCCN1Cc1cncc(C)c1. The Labute approximate surface area is 108 Å². The van der Waals surface area contributed by atoms with Crippen LogP contribution in [0.4, 0.5) is 0 Å². The summed E-state index contributed by atoms with van der Waals surface area (Å²) in [4.78, 5) is 18.2. The molecule has 0 aliphatic carbocycles. The minimum Gasteiger partial charge on any atom is -0.358 e. The van der Waals surface area contributed by atoms with Gasteiger partial charge in [-0.15, -0.1) is 0 Å². The quantitative estimate of drug-likeness (QED) is 0.785. The second kappa shape index (κ2) is 5.93. The van der Waals surface area contributed by atoms with Crippen molar-refractivity contribution in [1.29, 1.82) is 0 Å². The summed E-state index contributed by atoms with van der Waals surface area (Å²) >= 11 is 0. The summed E-state index contributed by atoms with van der Waals surface area (Å²) in [6.45, 7) is 5.32. The van der Waals surface area contributed by atoms with Crippen LogP contribution in [-0.2, 0) is 11.3 Å². The summed E-state index contributed by atoms with van der Waals surface area (Å²) in [6.07, 6.45) is 3.72. The maximum Gasteiger partial charge on any atom is 0.238 e. The van der Waals surface area contributed by atoms with Gasteiger partial charge in [-0.3, -0.25) is 14.7 Å². The van der Waals surface area contributed by atoms with Crippen molar-refractivity contribution in [2.24, 2.45) is 0 Å². The first-order valence-corrected chi connectivity index (χ1v) is 6.27. The van der Waals surface area contributed by atoms with E-state index >= 15 is 0 Å². The number of likely N-dealkylation sites (N-methyl/N-ethyl adjacent to an activating group) is 1. The number of hydrogen-bond donors (Lipinski definition) is 2. The van der Waals surface area contributed by atoms with E-state index in [1.807, 2.05) is 19.3 Å². The van der Waals surface area contributed by atoms with Crippen molar-refractivity contribution in [2.45, 2.75) is 19.5 Å². The number of aromatic nitrogens is 1. The predicted octanol–water partition coefficient (Wildman–Crippen LogP) is -0.0902. The number of nitrogens with zero attached hydrogens (tertiary/aromatic N) is 2. The highest BCUT2D eigenvalue weighted by molar-refractivity contribution is 5.81. The lowest BCUT2D eigenvalue weighted by Crippen LogP contribution is -2.56. The number of rotatable bonds is 3. The van der Waals surface area contributed by atoms with Crippen molar-refractivity contribution >= 4 is 5.91 Å². The van der Waals surface area contributed by atoms with Crippen molar-refractivity contribution in [3.05, 3.63) is 29.6 Å². The molecular formula is C13H20N4O. The first-order chi connectivity index (χ1) is 8.70. The van der Waals surface area contributed by atoms with E-state index < -0.39 is 0 Å². The van der Waals surface area contributed by atoms with Crippen LogP contribution in [-0.4, -0.2) is 48.5 Å². The maximum atomic E-state index is 11.8. The Morgan fingerprint density at radius 2 is 2.44 bits per heavy atom. The lowest BCUT2D eigenvalue weighted by atomic mass is 10.1. The standard InChI is InChI=1S/C13H20N4O/c1-10-5-11(7-16-6-10)9-17-4-3-15-8-12(17)13(18)14-2/h5-7,12,15H,3-4,8-9H2,1-2H3,(H,14,18). The van der Waals surface area contributed by atoms with Crippen LogP contribution in [0.25, 0.3) is 0 Å². The van der Waals surface area contributed by atoms with Crippen LogP contribution in [0.1, 0.15) is 11.1 Å². The van der Waals surface area contributed by atoms with Crippen molar-refractivity contribution < 1.29 is 4.79 Å². The van der Waals surface area contributed by atoms with E-state index in [0.29, 0.717) is 6.54 Å². The zero-order valence-corrected chi connectivity index (χ0v) is 10.9. The van der Waals surface area contributed by atoms with E-state index in [1.165, 1.54) is 0 Å². The monoisotopic (exact) mass is 248 g/mol. The molecule has 1 atom stereocenters. The third kappa shape index (κ3) is 3.05. The highest BCUT2D eigenvalue weighted by Crippen LogP contribution is 2.11. The van der Waals surface area contributed by atoms with Crippen molar-refractivity contribution in [1.82, 2.24) is 20.5 Å². The molecule has 1 aromatic rings. The van der Waals surface area contributed by atoms with Crippen LogP contribution in [0.3, 0.4) is 0 Å². The first kappa shape index (κ1) is 13.0. The van der Waals surface area contributed by atoms with Crippen molar-refractivity contribution in [2.75, 3.05) is 26.7 Å². The van der Waals surface area contributed by atoms with Gasteiger partial charge in [-0.2, -0.15) is 0 Å². The van der Waals surface area contributed by atoms with Crippen LogP contribution < -0.4 is 10.6 Å². The fourth-order valence-electron chi connectivity index (χ4n) is 2.30. The molecule has 18 heavy (non-hydrogen) atoms. The molecule has 0 spiro atoms. The number of carbonyl (C=O) groups is 1. The molecule has 5 nitrogen and oxygen atoms in total. The first-order valence-electron chi connectivity index (χ1n) is 6.27. The van der Waals surface area contributed by atoms with Crippen LogP contribution in [0, 0.1) is 6.92 Å². The van der Waals surface area contributed by atoms with Gasteiger partial charge in [0.25, 0.3) is 0 Å². The molecule has 2 heterocycles. The maximum absolute atomic E-state index is 11.8. The van der Waals surface area contributed by atoms with Gasteiger partial charge in [-0.05, 0) is 18.1 Å². The average molecular weight is 248 g/mol. The van der Waals surface area contributed by atoms with Crippen molar-refractivity contribution in [3.8, 4) is 0 Å². The van der Waals surface area contributed by atoms with Gasteiger partial charge in [0.05, 0.1) is 0 Å². The third-order valence-electron chi connectivity index (χ3n) is 3.22. The Bertz CT molecular complexity index is 421. The molecule has 98 valence electrons. The van der Waals surface area contributed by atoms with Gasteiger partial charge in [0.2, 0.25) is 5.91 Å². The van der Waals surface area contributed by atoms with Gasteiger partial charge in [0, 0.05) is 45.6 Å². The third-order valence-corrected chi connectivity index (χ3v) is 3.22. The van der Waals surface area contributed by atoms with Gasteiger partial charge in [0.1, 0.15) is 6.04 Å². The fraction of sp³-hybridized carbons (Fsp3) is 0.538. The minimum atomic E-state index is -0.0933. The Kier molecular flexibility index (Phi) is 4.28. The summed E-state index contributed by atoms with van der Waals surface area (Å²) in [6, 6.07) is 2.03. The van der Waals surface area contributed by atoms with Crippen LogP contribution >= 0.6 is 0 Å². The number of hydrogen-bond acceptors (Lipinski definition) is 4. The van der Waals surface area contributed by atoms with E-state index in [4.69, 9.17) is 0 Å². The molecule has 2 N–H and O–H groups in total. The zero-order valence-electron chi connectivity index (χ0n) is 10.9. The number of pyridine rings is 1. The lowest BCUT2D eigenvalue weighted by molar-refractivity contribution is -0.126. The topological polar surface area (TPSA) is 57.3 Å². The van der Waals surface area contributed by atoms with Crippen LogP contribution in [0.2, 0.25) is 0 Å². The minimum absolute atomic E-state index is 0.0720. The van der Waals surface area contributed by atoms with Crippen LogP contribution in [0.15, 0.2) is 18.5 Å². The van der Waals surface area contributed by atoms with Gasteiger partial charge >= 0.3 is 0 Å². The summed E-state index contributed by atoms with van der Waals surface area (Å²) in [5, 5.41) is 5.98. The second-order valence-electron chi connectivity index (χ2n) is 4.68. The predicted molar refractivity (Wildman–Crippen MR) is 70.1 cm³/mol. The number of amides is 1. The molecule has 5 heteroatoms. The average Bonchev–Trinajstić information content (AvgIpc) is 2.38. The summed E-state index contributed by atoms with van der Waals surface area (Å²) in [5.41, 5.74) is 2.31. The number of aryl methyl sites for hydroxylation is 1. The summed E-state index contributed by atoms with van der Waals surface area (Å²) in [7, 11) is 1.68. The molecule has 2 rings (SSSR count). The second-order valence-corrected chi connectivity index (χ2v) is 4.68. The summed E-state index contributed by atoms with van der Waals surface area (Å²) < 4.78 is 0. The van der Waals surface area contributed by atoms with E-state index in [9.17, 15) is 4.79 Å². The molecule has 0 saturated carbocycles. The summed E-state index contributed by atoms with van der Waals surface area (Å²) in [5.74, 6) is 0.0720. The highest BCUT2D eigenvalue weighted by atomic mass is 16.2. The van der Waals surface area contributed by atoms with E-state index in [1.54, 1.807) is 7.05 Å². The number of piperazine rings is 1. The molecule has 1 fully saturated rings. The van der Waals surface area contributed by atoms with E-state index in [2.05, 4.69) is 26.6 Å². The van der Waals surface area contributed by atoms with Gasteiger partial charge in [-0.1, -0.05) is 6.07 Å². The smallest absolute Gasteiger partial charge is 0.238 e. The normalized spacial score (nSPS) is 20.7. The molecule has 0 radical (unpaired) electrons. The largest absolute Gasteiger partial charge is 0.358 e. The number of nitrogens with one attached hydrogen (secondary N) is 2. The molecule has 1 amide bonds. The molecule has 0 bridgehead atoms.